The average Bonchev–Trinajstić information content (AvgIpc) is 3.22. The van der Waals surface area contributed by atoms with Gasteiger partial charge in [-0.05, 0) is 37.4 Å². The summed E-state index contributed by atoms with van der Waals surface area (Å²) in [6.07, 6.45) is 1.07. The number of nitriles is 1. The first-order valence-corrected chi connectivity index (χ1v) is 8.94. The molecule has 1 amide bonds. The Balaban J connectivity index is 1.50. The highest BCUT2D eigenvalue weighted by Gasteiger charge is 2.24. The maximum Gasteiger partial charge on any atom is 0.263 e. The molecule has 1 N–H and O–H groups in total. The number of carbonyl (C=O) groups excluding carboxylic acids is 1. The minimum atomic E-state index is -0.0247. The molecule has 1 aliphatic heterocycles. The molecule has 1 aliphatic rings. The van der Waals surface area contributed by atoms with E-state index in [1.54, 1.807) is 5.51 Å². The molecule has 2 aromatic rings. The van der Waals surface area contributed by atoms with Crippen molar-refractivity contribution in [2.75, 3.05) is 19.6 Å². The quantitative estimate of drug-likeness (QED) is 0.908. The molecule has 0 saturated carbocycles. The summed E-state index contributed by atoms with van der Waals surface area (Å²) in [7, 11) is 0. The number of benzene rings is 1. The minimum absolute atomic E-state index is 0.0247. The van der Waals surface area contributed by atoms with Crippen LogP contribution in [-0.2, 0) is 6.54 Å². The van der Waals surface area contributed by atoms with Crippen molar-refractivity contribution in [3.63, 3.8) is 0 Å². The zero-order valence-electron chi connectivity index (χ0n) is 13.7. The van der Waals surface area contributed by atoms with Gasteiger partial charge in [0.15, 0.2) is 0 Å². The molecule has 1 atom stereocenters. The van der Waals surface area contributed by atoms with Crippen molar-refractivity contribution in [2.45, 2.75) is 19.9 Å². The lowest BCUT2D eigenvalue weighted by Gasteiger charge is -2.17. The molecule has 1 fully saturated rings. The third-order valence-corrected chi connectivity index (χ3v) is 5.33. The standard InChI is InChI=1S/C18H20N4OS/c1-13-17(24-12-21-13)18(23)20-9-14-6-7-22(10-14)11-16-5-3-2-4-15(16)8-19/h2-5,12,14H,6-7,9-11H2,1H3,(H,20,23)/t14-/m1/s1. The van der Waals surface area contributed by atoms with Crippen LogP contribution in [0.25, 0.3) is 0 Å². The fraction of sp³-hybridized carbons (Fsp3) is 0.389. The Bertz CT molecular complexity index is 764. The molecule has 1 saturated heterocycles. The molecule has 124 valence electrons. The lowest BCUT2D eigenvalue weighted by molar-refractivity contribution is 0.0950. The Hall–Kier alpha value is -2.23. The Morgan fingerprint density at radius 1 is 1.50 bits per heavy atom. The number of hydrogen-bond acceptors (Lipinski definition) is 5. The summed E-state index contributed by atoms with van der Waals surface area (Å²) in [6, 6.07) is 10.00. The fourth-order valence-corrected chi connectivity index (χ4v) is 3.79. The van der Waals surface area contributed by atoms with E-state index in [9.17, 15) is 10.1 Å². The van der Waals surface area contributed by atoms with E-state index in [0.717, 1.165) is 42.9 Å². The van der Waals surface area contributed by atoms with E-state index in [-0.39, 0.29) is 5.91 Å². The fourth-order valence-electron chi connectivity index (χ4n) is 3.07. The van der Waals surface area contributed by atoms with Crippen molar-refractivity contribution in [1.29, 1.82) is 5.26 Å². The van der Waals surface area contributed by atoms with Gasteiger partial charge in [-0.25, -0.2) is 4.98 Å². The maximum absolute atomic E-state index is 12.1. The number of likely N-dealkylation sites (tertiary alicyclic amines) is 1. The van der Waals surface area contributed by atoms with Crippen LogP contribution < -0.4 is 5.32 Å². The molecule has 0 bridgehead atoms. The van der Waals surface area contributed by atoms with Crippen LogP contribution in [0.5, 0.6) is 0 Å². The number of aromatic nitrogens is 1. The van der Waals surface area contributed by atoms with Crippen LogP contribution in [0.4, 0.5) is 0 Å². The molecule has 24 heavy (non-hydrogen) atoms. The second-order valence-corrected chi connectivity index (χ2v) is 6.99. The molecule has 3 rings (SSSR count). The number of nitrogens with one attached hydrogen (secondary N) is 1. The van der Waals surface area contributed by atoms with Crippen LogP contribution in [0.2, 0.25) is 0 Å². The highest BCUT2D eigenvalue weighted by Crippen LogP contribution is 2.20. The van der Waals surface area contributed by atoms with E-state index < -0.39 is 0 Å². The van der Waals surface area contributed by atoms with E-state index in [1.807, 2.05) is 31.2 Å². The van der Waals surface area contributed by atoms with Gasteiger partial charge in [0, 0.05) is 19.6 Å². The van der Waals surface area contributed by atoms with Crippen LogP contribution in [0, 0.1) is 24.2 Å². The van der Waals surface area contributed by atoms with E-state index in [0.29, 0.717) is 17.3 Å². The first-order valence-electron chi connectivity index (χ1n) is 8.06. The highest BCUT2D eigenvalue weighted by atomic mass is 32.1. The lowest BCUT2D eigenvalue weighted by Crippen LogP contribution is -2.30. The van der Waals surface area contributed by atoms with E-state index in [1.165, 1.54) is 11.3 Å². The average molecular weight is 340 g/mol. The summed E-state index contributed by atoms with van der Waals surface area (Å²) in [5.41, 5.74) is 4.31. The first kappa shape index (κ1) is 16.6. The third kappa shape index (κ3) is 3.81. The zero-order valence-corrected chi connectivity index (χ0v) is 14.5. The van der Waals surface area contributed by atoms with Crippen LogP contribution in [0.15, 0.2) is 29.8 Å². The van der Waals surface area contributed by atoms with Crippen molar-refractivity contribution in [1.82, 2.24) is 15.2 Å². The van der Waals surface area contributed by atoms with E-state index in [2.05, 4.69) is 21.3 Å². The number of aryl methyl sites for hydroxylation is 1. The second kappa shape index (κ2) is 7.56. The van der Waals surface area contributed by atoms with Gasteiger partial charge in [0.2, 0.25) is 0 Å². The second-order valence-electron chi connectivity index (χ2n) is 6.14. The number of nitrogens with zero attached hydrogens (tertiary/aromatic N) is 3. The van der Waals surface area contributed by atoms with Crippen molar-refractivity contribution < 1.29 is 4.79 Å². The highest BCUT2D eigenvalue weighted by molar-refractivity contribution is 7.11. The number of thiazole rings is 1. The normalized spacial score (nSPS) is 17.6. The first-order chi connectivity index (χ1) is 11.7. The van der Waals surface area contributed by atoms with Gasteiger partial charge in [-0.3, -0.25) is 9.69 Å². The van der Waals surface area contributed by atoms with Gasteiger partial charge in [0.05, 0.1) is 22.8 Å². The third-order valence-electron chi connectivity index (χ3n) is 4.40. The molecule has 0 aliphatic carbocycles. The van der Waals surface area contributed by atoms with E-state index >= 15 is 0 Å². The molecular weight excluding hydrogens is 320 g/mol. The Kier molecular flexibility index (Phi) is 5.24. The Morgan fingerprint density at radius 3 is 3.08 bits per heavy atom. The molecule has 1 aromatic heterocycles. The van der Waals surface area contributed by atoms with Crippen LogP contribution in [0.3, 0.4) is 0 Å². The summed E-state index contributed by atoms with van der Waals surface area (Å²) in [5, 5.41) is 12.2. The van der Waals surface area contributed by atoms with Crippen molar-refractivity contribution in [2.24, 2.45) is 5.92 Å². The van der Waals surface area contributed by atoms with Gasteiger partial charge >= 0.3 is 0 Å². The van der Waals surface area contributed by atoms with Gasteiger partial charge in [-0.2, -0.15) is 5.26 Å². The summed E-state index contributed by atoms with van der Waals surface area (Å²) in [4.78, 5) is 19.3. The largest absolute Gasteiger partial charge is 0.351 e. The lowest BCUT2D eigenvalue weighted by atomic mass is 10.1. The molecule has 0 unspecified atom stereocenters. The SMILES string of the molecule is Cc1ncsc1C(=O)NC[C@H]1CCN(Cc2ccccc2C#N)C1. The summed E-state index contributed by atoms with van der Waals surface area (Å²) >= 11 is 1.38. The summed E-state index contributed by atoms with van der Waals surface area (Å²) in [5.74, 6) is 0.430. The summed E-state index contributed by atoms with van der Waals surface area (Å²) < 4.78 is 0. The molecule has 0 spiro atoms. The topological polar surface area (TPSA) is 69.0 Å². The minimum Gasteiger partial charge on any atom is -0.351 e. The number of carbonyl (C=O) groups is 1. The van der Waals surface area contributed by atoms with Crippen molar-refractivity contribution in [3.05, 3.63) is 51.5 Å². The predicted molar refractivity (Wildman–Crippen MR) is 93.7 cm³/mol. The monoisotopic (exact) mass is 340 g/mol. The van der Waals surface area contributed by atoms with Gasteiger partial charge in [0.1, 0.15) is 4.88 Å². The number of rotatable bonds is 5. The van der Waals surface area contributed by atoms with Gasteiger partial charge in [-0.1, -0.05) is 18.2 Å². The maximum atomic E-state index is 12.1. The molecule has 0 radical (unpaired) electrons. The Labute approximate surface area is 145 Å². The van der Waals surface area contributed by atoms with E-state index in [4.69, 9.17) is 0 Å². The van der Waals surface area contributed by atoms with Gasteiger partial charge < -0.3 is 5.32 Å². The summed E-state index contributed by atoms with van der Waals surface area (Å²) in [6.45, 7) is 5.28. The Morgan fingerprint density at radius 2 is 2.33 bits per heavy atom. The van der Waals surface area contributed by atoms with Gasteiger partial charge in [0.25, 0.3) is 5.91 Å². The molecular formula is C18H20N4OS. The molecule has 5 nitrogen and oxygen atoms in total. The smallest absolute Gasteiger partial charge is 0.263 e. The van der Waals surface area contributed by atoms with Crippen molar-refractivity contribution in [3.8, 4) is 6.07 Å². The van der Waals surface area contributed by atoms with Crippen LogP contribution in [0.1, 0.15) is 32.9 Å². The van der Waals surface area contributed by atoms with Crippen LogP contribution >= 0.6 is 11.3 Å². The number of amides is 1. The molecule has 6 heteroatoms. The predicted octanol–water partition coefficient (Wildman–Crippen LogP) is 2.58. The van der Waals surface area contributed by atoms with Crippen LogP contribution in [-0.4, -0.2) is 35.4 Å². The number of hydrogen-bond donors (Lipinski definition) is 1. The molecule has 1 aromatic carbocycles. The molecule has 2 heterocycles. The zero-order chi connectivity index (χ0) is 16.9. The van der Waals surface area contributed by atoms with Gasteiger partial charge in [-0.15, -0.1) is 11.3 Å². The van der Waals surface area contributed by atoms with Crippen molar-refractivity contribution >= 4 is 17.2 Å².